The molecule has 0 aliphatic heterocycles. The number of hydrogen-bond donors (Lipinski definition) is 2. The Balaban J connectivity index is 1.62. The van der Waals surface area contributed by atoms with Crippen LogP contribution in [0.4, 0.5) is 10.8 Å². The Bertz CT molecular complexity index is 1000. The molecule has 1 amide bonds. The predicted molar refractivity (Wildman–Crippen MR) is 101 cm³/mol. The zero-order valence-electron chi connectivity index (χ0n) is 14.1. The molecule has 0 bridgehead atoms. The van der Waals surface area contributed by atoms with Crippen molar-refractivity contribution in [1.29, 1.82) is 0 Å². The van der Waals surface area contributed by atoms with Crippen molar-refractivity contribution in [2.45, 2.75) is 13.0 Å². The van der Waals surface area contributed by atoms with E-state index in [1.807, 2.05) is 24.3 Å². The highest BCUT2D eigenvalue weighted by Crippen LogP contribution is 2.25. The number of amides is 1. The molecule has 0 unspecified atom stereocenters. The molecule has 0 fully saturated rings. The molecular formula is C17H14N5O4S-. The quantitative estimate of drug-likeness (QED) is 0.380. The lowest BCUT2D eigenvalue weighted by molar-refractivity contribution is -0.385. The van der Waals surface area contributed by atoms with E-state index in [0.717, 1.165) is 34.6 Å². The summed E-state index contributed by atoms with van der Waals surface area (Å²) in [6.45, 7) is 1.64. The van der Waals surface area contributed by atoms with Gasteiger partial charge in [-0.2, -0.15) is 5.10 Å². The second-order valence-corrected chi connectivity index (χ2v) is 6.60. The molecule has 0 saturated carbocycles. The fourth-order valence-electron chi connectivity index (χ4n) is 2.20. The number of benzene rings is 2. The van der Waals surface area contributed by atoms with E-state index in [1.54, 1.807) is 6.92 Å². The topological polar surface area (TPSA) is 133 Å². The van der Waals surface area contributed by atoms with Crippen molar-refractivity contribution in [3.63, 3.8) is 0 Å². The van der Waals surface area contributed by atoms with Gasteiger partial charge in [-0.25, -0.2) is 10.4 Å². The Morgan fingerprint density at radius 2 is 2.11 bits per heavy atom. The number of nitrogens with zero attached hydrogens (tertiary/aromatic N) is 3. The van der Waals surface area contributed by atoms with Gasteiger partial charge in [0.2, 0.25) is 0 Å². The summed E-state index contributed by atoms with van der Waals surface area (Å²) >= 11 is 1.42. The molecule has 0 spiro atoms. The van der Waals surface area contributed by atoms with Crippen molar-refractivity contribution in [3.8, 4) is 5.75 Å². The molecule has 0 saturated heterocycles. The van der Waals surface area contributed by atoms with Crippen molar-refractivity contribution >= 4 is 44.5 Å². The molecule has 0 aliphatic carbocycles. The largest absolute Gasteiger partial charge is 0.872 e. The number of nitrogens with one attached hydrogen (secondary N) is 2. The highest BCUT2D eigenvalue weighted by atomic mass is 32.1. The smallest absolute Gasteiger partial charge is 0.270 e. The second kappa shape index (κ2) is 7.79. The van der Waals surface area contributed by atoms with E-state index in [4.69, 9.17) is 0 Å². The lowest BCUT2D eigenvalue weighted by atomic mass is 10.2. The third-order valence-corrected chi connectivity index (χ3v) is 4.58. The first-order valence-corrected chi connectivity index (χ1v) is 8.66. The first-order chi connectivity index (χ1) is 12.9. The maximum Gasteiger partial charge on any atom is 0.270 e. The Morgan fingerprint density at radius 3 is 2.85 bits per heavy atom. The summed E-state index contributed by atoms with van der Waals surface area (Å²) in [6, 6.07) is 10.3. The van der Waals surface area contributed by atoms with E-state index in [-0.39, 0.29) is 11.3 Å². The molecule has 0 radical (unpaired) electrons. The number of nitro benzene ring substituents is 1. The molecule has 2 N–H and O–H groups in total. The molecule has 9 nitrogen and oxygen atoms in total. The molecule has 3 aromatic rings. The number of aromatic nitrogens is 1. The Labute approximate surface area is 157 Å². The number of hydrazone groups is 1. The molecule has 0 aliphatic rings. The van der Waals surface area contributed by atoms with Crippen LogP contribution in [-0.2, 0) is 4.79 Å². The minimum absolute atomic E-state index is 0.0104. The van der Waals surface area contributed by atoms with Gasteiger partial charge in [0.05, 0.1) is 21.4 Å². The highest BCUT2D eigenvalue weighted by molar-refractivity contribution is 7.22. The van der Waals surface area contributed by atoms with E-state index in [1.165, 1.54) is 11.3 Å². The summed E-state index contributed by atoms with van der Waals surface area (Å²) in [7, 11) is 0. The second-order valence-electron chi connectivity index (χ2n) is 5.57. The van der Waals surface area contributed by atoms with Crippen LogP contribution in [0.2, 0.25) is 0 Å². The van der Waals surface area contributed by atoms with Gasteiger partial charge in [0, 0.05) is 12.1 Å². The van der Waals surface area contributed by atoms with E-state index in [2.05, 4.69) is 20.8 Å². The van der Waals surface area contributed by atoms with Crippen LogP contribution in [0.5, 0.6) is 5.75 Å². The third kappa shape index (κ3) is 4.36. The summed E-state index contributed by atoms with van der Waals surface area (Å²) in [4.78, 5) is 26.6. The Morgan fingerprint density at radius 1 is 1.33 bits per heavy atom. The number of fused-ring (bicyclic) bond motifs is 1. The average Bonchev–Trinajstić information content (AvgIpc) is 3.05. The lowest BCUT2D eigenvalue weighted by Gasteiger charge is -2.11. The van der Waals surface area contributed by atoms with Crippen molar-refractivity contribution in [2.24, 2.45) is 5.10 Å². The van der Waals surface area contributed by atoms with Gasteiger partial charge < -0.3 is 10.4 Å². The number of anilines is 1. The third-order valence-electron chi connectivity index (χ3n) is 3.61. The van der Waals surface area contributed by atoms with Crippen molar-refractivity contribution in [2.75, 3.05) is 5.32 Å². The average molecular weight is 384 g/mol. The van der Waals surface area contributed by atoms with E-state index >= 15 is 0 Å². The minimum Gasteiger partial charge on any atom is -0.872 e. The number of rotatable bonds is 6. The van der Waals surface area contributed by atoms with Crippen molar-refractivity contribution < 1.29 is 14.8 Å². The Kier molecular flexibility index (Phi) is 5.27. The molecule has 1 atom stereocenters. The number of carbonyl (C=O) groups excluding carboxylic acids is 1. The van der Waals surface area contributed by atoms with Crippen molar-refractivity contribution in [3.05, 3.63) is 58.1 Å². The standard InChI is InChI=1S/C17H15N5O4S/c1-10(19-17-20-13-4-2-3-5-15(13)27-17)16(24)21-18-9-11-8-12(22(25)26)6-7-14(11)23/h2-10,23H,1H3,(H,19,20)(H,21,24)/p-1/b18-9-/t10-/m1/s1. The minimum atomic E-state index is -0.625. The van der Waals surface area contributed by atoms with Crippen LogP contribution < -0.4 is 15.8 Å². The molecule has 1 aromatic heterocycles. The van der Waals surface area contributed by atoms with Crippen LogP contribution >= 0.6 is 11.3 Å². The fourth-order valence-corrected chi connectivity index (χ4v) is 3.15. The molecular weight excluding hydrogens is 370 g/mol. The molecule has 27 heavy (non-hydrogen) atoms. The van der Waals surface area contributed by atoms with E-state index in [0.29, 0.717) is 5.13 Å². The van der Waals surface area contributed by atoms with Gasteiger partial charge in [0.1, 0.15) is 6.04 Å². The van der Waals surface area contributed by atoms with Gasteiger partial charge in [-0.3, -0.25) is 14.9 Å². The van der Waals surface area contributed by atoms with Gasteiger partial charge in [-0.15, -0.1) is 0 Å². The molecule has 10 heteroatoms. The zero-order chi connectivity index (χ0) is 19.4. The van der Waals surface area contributed by atoms with Crippen LogP contribution in [0.15, 0.2) is 47.6 Å². The summed E-state index contributed by atoms with van der Waals surface area (Å²) in [5.74, 6) is -0.873. The number of nitro groups is 1. The zero-order valence-corrected chi connectivity index (χ0v) is 14.9. The predicted octanol–water partition coefficient (Wildman–Crippen LogP) is 2.23. The first-order valence-electron chi connectivity index (χ1n) is 7.84. The van der Waals surface area contributed by atoms with Crippen LogP contribution in [-0.4, -0.2) is 28.1 Å². The molecule has 3 rings (SSSR count). The summed E-state index contributed by atoms with van der Waals surface area (Å²) < 4.78 is 0.999. The number of para-hydroxylation sites is 1. The number of hydrogen-bond acceptors (Lipinski definition) is 8. The van der Waals surface area contributed by atoms with E-state index < -0.39 is 22.6 Å². The SMILES string of the molecule is C[C@@H](Nc1nc2ccccc2s1)C(=O)N/N=C\c1cc([N+](=O)[O-])ccc1[O-]. The van der Waals surface area contributed by atoms with Gasteiger partial charge in [0.15, 0.2) is 5.13 Å². The summed E-state index contributed by atoms with van der Waals surface area (Å²) in [5.41, 5.74) is 2.92. The fraction of sp³-hybridized carbons (Fsp3) is 0.118. The number of non-ortho nitro benzene ring substituents is 1. The van der Waals surface area contributed by atoms with Crippen LogP contribution in [0.1, 0.15) is 12.5 Å². The van der Waals surface area contributed by atoms with Crippen LogP contribution in [0.3, 0.4) is 0 Å². The van der Waals surface area contributed by atoms with Crippen molar-refractivity contribution in [1.82, 2.24) is 10.4 Å². The Hall–Kier alpha value is -3.53. The normalized spacial score (nSPS) is 12.2. The lowest BCUT2D eigenvalue weighted by Crippen LogP contribution is -2.34. The summed E-state index contributed by atoms with van der Waals surface area (Å²) in [5, 5.41) is 29.7. The summed E-state index contributed by atoms with van der Waals surface area (Å²) in [6.07, 6.45) is 1.08. The first kappa shape index (κ1) is 18.3. The van der Waals surface area contributed by atoms with Gasteiger partial charge in [-0.05, 0) is 24.6 Å². The van der Waals surface area contributed by atoms with E-state index in [9.17, 15) is 20.0 Å². The maximum absolute atomic E-state index is 12.1. The molecule has 2 aromatic carbocycles. The monoisotopic (exact) mass is 384 g/mol. The number of carbonyl (C=O) groups is 1. The number of thiazole rings is 1. The highest BCUT2D eigenvalue weighted by Gasteiger charge is 2.14. The van der Waals surface area contributed by atoms with Gasteiger partial charge >= 0.3 is 0 Å². The van der Waals surface area contributed by atoms with Crippen LogP contribution in [0, 0.1) is 10.1 Å². The maximum atomic E-state index is 12.1. The molecule has 138 valence electrons. The van der Waals surface area contributed by atoms with Crippen LogP contribution in [0.25, 0.3) is 10.2 Å². The van der Waals surface area contributed by atoms with Gasteiger partial charge in [-0.1, -0.05) is 35.3 Å². The molecule has 1 heterocycles. The van der Waals surface area contributed by atoms with Gasteiger partial charge in [0.25, 0.3) is 11.6 Å².